The van der Waals surface area contributed by atoms with Crippen molar-refractivity contribution < 1.29 is 28.3 Å². The van der Waals surface area contributed by atoms with Crippen LogP contribution in [-0.4, -0.2) is 24.3 Å². The van der Waals surface area contributed by atoms with Gasteiger partial charge in [-0.15, -0.1) is 0 Å². The molecule has 0 spiro atoms. The van der Waals surface area contributed by atoms with Crippen LogP contribution in [0.3, 0.4) is 0 Å². The lowest BCUT2D eigenvalue weighted by Gasteiger charge is -2.25. The fourth-order valence-electron chi connectivity index (χ4n) is 4.36. The van der Waals surface area contributed by atoms with Gasteiger partial charge in [-0.1, -0.05) is 71.9 Å². The van der Waals surface area contributed by atoms with Gasteiger partial charge in [0, 0.05) is 17.5 Å². The largest absolute Gasteiger partial charge is 0.493 e. The van der Waals surface area contributed by atoms with Crippen LogP contribution in [-0.2, 0) is 14.3 Å². The van der Waals surface area contributed by atoms with Gasteiger partial charge < -0.3 is 18.7 Å². The van der Waals surface area contributed by atoms with Crippen molar-refractivity contribution in [3.63, 3.8) is 0 Å². The summed E-state index contributed by atoms with van der Waals surface area (Å²) in [5.74, 6) is 1.15. The van der Waals surface area contributed by atoms with Crippen molar-refractivity contribution in [2.24, 2.45) is 0 Å². The number of nitrogens with zero attached hydrogens (tertiary/aromatic N) is 1. The van der Waals surface area contributed by atoms with E-state index in [1.54, 1.807) is 6.92 Å². The molecule has 188 valence electrons. The summed E-state index contributed by atoms with van der Waals surface area (Å²) in [6, 6.07) is 23.1. The maximum atomic E-state index is 12.6. The molecule has 5 rings (SSSR count). The summed E-state index contributed by atoms with van der Waals surface area (Å²) in [5.41, 5.74) is 5.45. The second kappa shape index (κ2) is 10.6. The first kappa shape index (κ1) is 24.1. The number of benzene rings is 3. The molecule has 8 nitrogen and oxygen atoms in total. The van der Waals surface area contributed by atoms with Gasteiger partial charge in [-0.05, 0) is 36.6 Å². The summed E-state index contributed by atoms with van der Waals surface area (Å²) in [6.45, 7) is 4.54. The minimum absolute atomic E-state index is 0.291. The van der Waals surface area contributed by atoms with E-state index in [1.165, 1.54) is 0 Å². The van der Waals surface area contributed by atoms with Gasteiger partial charge in [0.25, 0.3) is 6.47 Å². The number of nitrogens with one attached hydrogen (secondary N) is 1. The molecule has 1 aromatic heterocycles. The smallest absolute Gasteiger partial charge is 0.412 e. The molecule has 2 heterocycles. The second-order valence-corrected chi connectivity index (χ2v) is 8.74. The lowest BCUT2D eigenvalue weighted by molar-refractivity contribution is -0.135. The van der Waals surface area contributed by atoms with Crippen molar-refractivity contribution in [3.8, 4) is 28.2 Å². The SMILES string of the molecule is Cc1noc(-c2ccc(-c3ccc4c(c3)OCCC4OC=O)cc2)c1NC(=O)O[C@H](C)c1ccccc1. The van der Waals surface area contributed by atoms with Crippen LogP contribution >= 0.6 is 0 Å². The Kier molecular flexibility index (Phi) is 6.89. The Morgan fingerprint density at radius 2 is 1.78 bits per heavy atom. The van der Waals surface area contributed by atoms with E-state index in [4.69, 9.17) is 18.7 Å². The van der Waals surface area contributed by atoms with Crippen molar-refractivity contribution in [2.45, 2.75) is 32.5 Å². The summed E-state index contributed by atoms with van der Waals surface area (Å²) in [4.78, 5) is 23.4. The molecule has 1 aliphatic heterocycles. The molecule has 8 heteroatoms. The number of fused-ring (bicyclic) bond motifs is 1. The van der Waals surface area contributed by atoms with Gasteiger partial charge in [-0.3, -0.25) is 10.1 Å². The first-order valence-electron chi connectivity index (χ1n) is 12.0. The average molecular weight is 499 g/mol. The Morgan fingerprint density at radius 1 is 1.05 bits per heavy atom. The molecule has 1 N–H and O–H groups in total. The molecule has 1 aliphatic rings. The predicted molar refractivity (Wildman–Crippen MR) is 137 cm³/mol. The highest BCUT2D eigenvalue weighted by Gasteiger charge is 2.23. The number of hydrogen-bond acceptors (Lipinski definition) is 7. The van der Waals surface area contributed by atoms with Crippen LogP contribution in [0, 0.1) is 6.92 Å². The van der Waals surface area contributed by atoms with Crippen molar-refractivity contribution in [1.82, 2.24) is 5.16 Å². The molecule has 37 heavy (non-hydrogen) atoms. The van der Waals surface area contributed by atoms with Gasteiger partial charge >= 0.3 is 6.09 Å². The van der Waals surface area contributed by atoms with Gasteiger partial charge in [0.2, 0.25) is 0 Å². The molecule has 0 aliphatic carbocycles. The number of amides is 1. The zero-order valence-electron chi connectivity index (χ0n) is 20.5. The van der Waals surface area contributed by atoms with Crippen LogP contribution in [0.2, 0.25) is 0 Å². The first-order chi connectivity index (χ1) is 18.0. The second-order valence-electron chi connectivity index (χ2n) is 8.74. The quantitative estimate of drug-likeness (QED) is 0.286. The molecule has 3 aromatic carbocycles. The molecule has 0 saturated heterocycles. The Morgan fingerprint density at radius 3 is 2.54 bits per heavy atom. The van der Waals surface area contributed by atoms with Crippen LogP contribution in [0.5, 0.6) is 5.75 Å². The van der Waals surface area contributed by atoms with E-state index in [-0.39, 0.29) is 6.10 Å². The molecular formula is C29H26N2O6. The highest BCUT2D eigenvalue weighted by atomic mass is 16.6. The number of aryl methyl sites for hydroxylation is 1. The fraction of sp³-hybridized carbons (Fsp3) is 0.207. The zero-order chi connectivity index (χ0) is 25.8. The van der Waals surface area contributed by atoms with Gasteiger partial charge in [0.15, 0.2) is 5.76 Å². The third-order valence-corrected chi connectivity index (χ3v) is 6.34. The molecular weight excluding hydrogens is 472 g/mol. The summed E-state index contributed by atoms with van der Waals surface area (Å²) < 4.78 is 22.1. The van der Waals surface area contributed by atoms with E-state index in [1.807, 2.05) is 79.7 Å². The molecule has 4 aromatic rings. The molecule has 0 saturated carbocycles. The minimum Gasteiger partial charge on any atom is -0.493 e. The molecule has 0 radical (unpaired) electrons. The maximum absolute atomic E-state index is 12.6. The Labute approximate surface area is 214 Å². The first-order valence-corrected chi connectivity index (χ1v) is 12.0. The number of hydrogen-bond donors (Lipinski definition) is 1. The summed E-state index contributed by atoms with van der Waals surface area (Å²) in [6.07, 6.45) is -0.664. The van der Waals surface area contributed by atoms with E-state index < -0.39 is 12.2 Å². The molecule has 0 bridgehead atoms. The number of anilines is 1. The topological polar surface area (TPSA) is 99.9 Å². The number of carbonyl (C=O) groups is 2. The van der Waals surface area contributed by atoms with Crippen molar-refractivity contribution in [1.29, 1.82) is 0 Å². The number of carbonyl (C=O) groups excluding carboxylic acids is 2. The van der Waals surface area contributed by atoms with Gasteiger partial charge in [-0.25, -0.2) is 4.79 Å². The molecule has 0 fully saturated rings. The highest BCUT2D eigenvalue weighted by Crippen LogP contribution is 2.38. The normalized spacial score (nSPS) is 15.1. The average Bonchev–Trinajstić information content (AvgIpc) is 3.28. The standard InChI is InChI=1S/C29H26N2O6/c1-18-27(30-29(33)36-19(2)20-6-4-3-5-7-20)28(37-31-18)22-10-8-21(9-11-22)23-12-13-24-25(35-17-32)14-15-34-26(24)16-23/h3-13,16-17,19,25H,14-15H2,1-2H3,(H,30,33)/t19-,25?/m1/s1. The zero-order valence-corrected chi connectivity index (χ0v) is 20.5. The van der Waals surface area contributed by atoms with Crippen LogP contribution in [0.25, 0.3) is 22.5 Å². The molecule has 1 unspecified atom stereocenters. The van der Waals surface area contributed by atoms with E-state index in [0.717, 1.165) is 27.8 Å². The number of ether oxygens (including phenoxy) is 3. The van der Waals surface area contributed by atoms with Gasteiger partial charge in [0.05, 0.1) is 6.61 Å². The van der Waals surface area contributed by atoms with Crippen LogP contribution in [0.15, 0.2) is 77.3 Å². The highest BCUT2D eigenvalue weighted by molar-refractivity contribution is 5.91. The fourth-order valence-corrected chi connectivity index (χ4v) is 4.36. The van der Waals surface area contributed by atoms with Crippen LogP contribution < -0.4 is 10.1 Å². The summed E-state index contributed by atoms with van der Waals surface area (Å²) >= 11 is 0. The Bertz CT molecular complexity index is 1400. The minimum atomic E-state index is -0.591. The third-order valence-electron chi connectivity index (χ3n) is 6.34. The van der Waals surface area contributed by atoms with E-state index in [0.29, 0.717) is 42.4 Å². The summed E-state index contributed by atoms with van der Waals surface area (Å²) in [5, 5.41) is 6.82. The van der Waals surface area contributed by atoms with Crippen LogP contribution in [0.4, 0.5) is 10.5 Å². The monoisotopic (exact) mass is 498 g/mol. The van der Waals surface area contributed by atoms with Crippen molar-refractivity contribution in [2.75, 3.05) is 11.9 Å². The summed E-state index contributed by atoms with van der Waals surface area (Å²) in [7, 11) is 0. The van der Waals surface area contributed by atoms with Crippen molar-refractivity contribution in [3.05, 3.63) is 89.6 Å². The number of aromatic nitrogens is 1. The van der Waals surface area contributed by atoms with E-state index in [9.17, 15) is 9.59 Å². The molecule has 1 amide bonds. The Balaban J connectivity index is 1.32. The van der Waals surface area contributed by atoms with E-state index in [2.05, 4.69) is 10.5 Å². The van der Waals surface area contributed by atoms with Gasteiger partial charge in [-0.2, -0.15) is 0 Å². The Hall–Kier alpha value is -4.59. The molecule has 2 atom stereocenters. The van der Waals surface area contributed by atoms with E-state index >= 15 is 0 Å². The maximum Gasteiger partial charge on any atom is 0.412 e. The predicted octanol–water partition coefficient (Wildman–Crippen LogP) is 6.62. The third kappa shape index (κ3) is 5.18. The van der Waals surface area contributed by atoms with Crippen molar-refractivity contribution >= 4 is 18.3 Å². The lowest BCUT2D eigenvalue weighted by Crippen LogP contribution is -2.16. The van der Waals surface area contributed by atoms with Gasteiger partial charge in [0.1, 0.15) is 29.3 Å². The number of rotatable bonds is 7. The lowest BCUT2D eigenvalue weighted by atomic mass is 9.97. The van der Waals surface area contributed by atoms with Crippen LogP contribution in [0.1, 0.15) is 42.4 Å².